The van der Waals surface area contributed by atoms with Crippen molar-refractivity contribution in [3.05, 3.63) is 93.5 Å². The van der Waals surface area contributed by atoms with Gasteiger partial charge >= 0.3 is 0 Å². The number of para-hydroxylation sites is 1. The highest BCUT2D eigenvalue weighted by molar-refractivity contribution is 9.10. The van der Waals surface area contributed by atoms with Crippen LogP contribution in [-0.2, 0) is 9.59 Å². The second kappa shape index (κ2) is 8.70. The molecular weight excluding hydrogens is 532 g/mol. The molecule has 3 aromatic carbocycles. The highest BCUT2D eigenvalue weighted by Crippen LogP contribution is 2.50. The number of ketones is 1. The van der Waals surface area contributed by atoms with Gasteiger partial charge in [0.05, 0.1) is 35.1 Å². The number of anilines is 2. The average Bonchev–Trinajstić information content (AvgIpc) is 3.36. The lowest BCUT2D eigenvalue weighted by atomic mass is 9.86. The quantitative estimate of drug-likeness (QED) is 0.320. The van der Waals surface area contributed by atoms with Crippen LogP contribution in [-0.4, -0.2) is 36.8 Å². The summed E-state index contributed by atoms with van der Waals surface area (Å²) in [6.07, 6.45) is 3.95. The van der Waals surface area contributed by atoms with Gasteiger partial charge in [0.1, 0.15) is 11.8 Å². The number of carbonyl (C=O) groups is 3. The zero-order valence-corrected chi connectivity index (χ0v) is 22.2. The van der Waals surface area contributed by atoms with Gasteiger partial charge in [0.2, 0.25) is 11.8 Å². The molecular formula is C30H25BrN2O4. The van der Waals surface area contributed by atoms with Crippen molar-refractivity contribution in [2.75, 3.05) is 16.9 Å². The van der Waals surface area contributed by atoms with E-state index in [1.54, 1.807) is 25.3 Å². The summed E-state index contributed by atoms with van der Waals surface area (Å²) in [5, 5.41) is 0. The van der Waals surface area contributed by atoms with Crippen LogP contribution in [0.25, 0.3) is 6.08 Å². The molecule has 0 spiro atoms. The number of aryl methyl sites for hydroxylation is 2. The highest BCUT2D eigenvalue weighted by Gasteiger charge is 2.64. The third-order valence-corrected chi connectivity index (χ3v) is 8.33. The third-order valence-electron chi connectivity index (χ3n) is 7.71. The molecule has 186 valence electrons. The molecule has 6 rings (SSSR count). The van der Waals surface area contributed by atoms with Crippen LogP contribution in [0.1, 0.15) is 27.0 Å². The fraction of sp³-hybridized carbons (Fsp3) is 0.233. The molecule has 0 unspecified atom stereocenters. The molecule has 3 heterocycles. The van der Waals surface area contributed by atoms with E-state index in [0.717, 1.165) is 22.4 Å². The van der Waals surface area contributed by atoms with E-state index in [0.29, 0.717) is 21.5 Å². The minimum atomic E-state index is -0.825. The van der Waals surface area contributed by atoms with E-state index in [9.17, 15) is 14.4 Å². The number of ether oxygens (including phenoxy) is 1. The maximum atomic E-state index is 14.2. The van der Waals surface area contributed by atoms with E-state index in [4.69, 9.17) is 4.74 Å². The monoisotopic (exact) mass is 556 g/mol. The van der Waals surface area contributed by atoms with Gasteiger partial charge < -0.3 is 9.64 Å². The molecule has 0 aromatic heterocycles. The predicted molar refractivity (Wildman–Crippen MR) is 146 cm³/mol. The Kier molecular flexibility index (Phi) is 5.57. The average molecular weight is 557 g/mol. The number of rotatable bonds is 4. The molecule has 3 aliphatic rings. The van der Waals surface area contributed by atoms with Gasteiger partial charge in [-0.15, -0.1) is 0 Å². The molecule has 6 nitrogen and oxygen atoms in total. The normalized spacial score (nSPS) is 23.7. The van der Waals surface area contributed by atoms with Gasteiger partial charge in [0.25, 0.3) is 0 Å². The summed E-state index contributed by atoms with van der Waals surface area (Å²) in [6, 6.07) is 17.4. The highest BCUT2D eigenvalue weighted by atomic mass is 79.9. The fourth-order valence-corrected chi connectivity index (χ4v) is 6.64. The molecule has 2 saturated heterocycles. The van der Waals surface area contributed by atoms with E-state index >= 15 is 0 Å². The lowest BCUT2D eigenvalue weighted by Gasteiger charge is -2.36. The summed E-state index contributed by atoms with van der Waals surface area (Å²) in [5.41, 5.74) is 4.75. The zero-order chi connectivity index (χ0) is 26.0. The number of Topliss-reactive ketones (excluding diaryl/α,β-unsaturated/α-hetero) is 1. The van der Waals surface area contributed by atoms with Gasteiger partial charge in [0.15, 0.2) is 5.78 Å². The van der Waals surface area contributed by atoms with Gasteiger partial charge in [-0.2, -0.15) is 0 Å². The molecule has 0 radical (unpaired) electrons. The molecule has 0 bridgehead atoms. The van der Waals surface area contributed by atoms with Crippen molar-refractivity contribution in [3.8, 4) is 5.75 Å². The molecule has 4 atom stereocenters. The van der Waals surface area contributed by atoms with E-state index in [1.165, 1.54) is 4.90 Å². The number of hydrogen-bond donors (Lipinski definition) is 0. The molecule has 0 aliphatic carbocycles. The first-order valence-corrected chi connectivity index (χ1v) is 13.0. The second-order valence-electron chi connectivity index (χ2n) is 9.83. The van der Waals surface area contributed by atoms with Crippen LogP contribution < -0.4 is 14.5 Å². The molecule has 3 aromatic rings. The smallest absolute Gasteiger partial charge is 0.240 e. The summed E-state index contributed by atoms with van der Waals surface area (Å²) in [5.74, 6) is -1.64. The lowest BCUT2D eigenvalue weighted by molar-refractivity contribution is -0.122. The SMILES string of the molecule is COc1ccc(C(=O)[C@@H]2[C@@H]3C(=O)N(c4ccc(C)cc4C)C(=O)[C@@H]3[C@@H]3C=Cc4ccccc4N23)cc1Br. The number of hydrogen-bond acceptors (Lipinski definition) is 5. The first kappa shape index (κ1) is 23.7. The molecule has 0 saturated carbocycles. The van der Waals surface area contributed by atoms with Crippen LogP contribution in [0.3, 0.4) is 0 Å². The minimum absolute atomic E-state index is 0.199. The van der Waals surface area contributed by atoms with Crippen LogP contribution in [0.15, 0.2) is 71.2 Å². The summed E-state index contributed by atoms with van der Waals surface area (Å²) in [6.45, 7) is 3.88. The molecule has 37 heavy (non-hydrogen) atoms. The maximum absolute atomic E-state index is 14.2. The van der Waals surface area contributed by atoms with Crippen LogP contribution in [0.5, 0.6) is 5.75 Å². The van der Waals surface area contributed by atoms with Gasteiger partial charge in [0, 0.05) is 11.3 Å². The van der Waals surface area contributed by atoms with Crippen LogP contribution in [0.4, 0.5) is 11.4 Å². The Balaban J connectivity index is 1.49. The molecule has 0 N–H and O–H groups in total. The Hall–Kier alpha value is -3.71. The molecule has 7 heteroatoms. The molecule has 2 amide bonds. The first-order valence-electron chi connectivity index (χ1n) is 12.2. The van der Waals surface area contributed by atoms with Crippen LogP contribution >= 0.6 is 15.9 Å². The number of benzene rings is 3. The van der Waals surface area contributed by atoms with E-state index in [-0.39, 0.29) is 17.6 Å². The van der Waals surface area contributed by atoms with Gasteiger partial charge in [-0.05, 0) is 71.2 Å². The van der Waals surface area contributed by atoms with Crippen molar-refractivity contribution in [2.24, 2.45) is 11.8 Å². The van der Waals surface area contributed by atoms with Crippen molar-refractivity contribution >= 4 is 51.0 Å². The minimum Gasteiger partial charge on any atom is -0.496 e. The summed E-state index contributed by atoms with van der Waals surface area (Å²) in [7, 11) is 1.56. The summed E-state index contributed by atoms with van der Waals surface area (Å²) >= 11 is 3.48. The van der Waals surface area contributed by atoms with Crippen molar-refractivity contribution in [1.29, 1.82) is 0 Å². The van der Waals surface area contributed by atoms with Gasteiger partial charge in [-0.1, -0.05) is 48.0 Å². The second-order valence-corrected chi connectivity index (χ2v) is 10.7. The lowest BCUT2D eigenvalue weighted by Crippen LogP contribution is -2.49. The Morgan fingerprint density at radius 2 is 1.68 bits per heavy atom. The zero-order valence-electron chi connectivity index (χ0n) is 20.6. The number of halogens is 1. The van der Waals surface area contributed by atoms with E-state index in [2.05, 4.69) is 15.9 Å². The Morgan fingerprint density at radius 1 is 0.919 bits per heavy atom. The van der Waals surface area contributed by atoms with Crippen molar-refractivity contribution in [2.45, 2.75) is 25.9 Å². The number of imide groups is 1. The number of methoxy groups -OCH3 is 1. The molecule has 2 fully saturated rings. The predicted octanol–water partition coefficient (Wildman–Crippen LogP) is 5.35. The van der Waals surface area contributed by atoms with Gasteiger partial charge in [-0.25, -0.2) is 4.90 Å². The maximum Gasteiger partial charge on any atom is 0.240 e. The largest absolute Gasteiger partial charge is 0.496 e. The number of nitrogens with zero attached hydrogens (tertiary/aromatic N) is 2. The van der Waals surface area contributed by atoms with Gasteiger partial charge in [-0.3, -0.25) is 14.4 Å². The fourth-order valence-electron chi connectivity index (χ4n) is 6.10. The first-order chi connectivity index (χ1) is 17.8. The van der Waals surface area contributed by atoms with Crippen molar-refractivity contribution in [1.82, 2.24) is 0 Å². The van der Waals surface area contributed by atoms with Crippen molar-refractivity contribution < 1.29 is 19.1 Å². The van der Waals surface area contributed by atoms with Crippen molar-refractivity contribution in [3.63, 3.8) is 0 Å². The molecule has 3 aliphatic heterocycles. The number of fused-ring (bicyclic) bond motifs is 5. The topological polar surface area (TPSA) is 66.9 Å². The Labute approximate surface area is 223 Å². The Morgan fingerprint density at radius 3 is 2.41 bits per heavy atom. The van der Waals surface area contributed by atoms with E-state index < -0.39 is 23.9 Å². The Bertz CT molecular complexity index is 1510. The number of carbonyl (C=O) groups excluding carboxylic acids is 3. The summed E-state index contributed by atoms with van der Waals surface area (Å²) < 4.78 is 5.99. The van der Waals surface area contributed by atoms with E-state index in [1.807, 2.05) is 73.4 Å². The standard InChI is InChI=1S/C30H25BrN2O4/c1-16-8-11-21(17(2)14-16)33-29(35)25-23-12-9-18-6-4-5-7-22(18)32(23)27(26(25)30(33)36)28(34)19-10-13-24(37-3)20(31)15-19/h4-15,23,25-27H,1-3H3/t23-,25+,26+,27-/m0/s1. The third kappa shape index (κ3) is 3.48. The summed E-state index contributed by atoms with van der Waals surface area (Å²) in [4.78, 5) is 45.5. The van der Waals surface area contributed by atoms with Crippen LogP contribution in [0.2, 0.25) is 0 Å². The number of amides is 2. The van der Waals surface area contributed by atoms with Crippen LogP contribution in [0, 0.1) is 25.7 Å².